The number of nitrogens with zero attached hydrogens (tertiary/aromatic N) is 3. The fraction of sp³-hybridized carbons (Fsp3) is 0.538. The Labute approximate surface area is 197 Å². The first kappa shape index (κ1) is 24.4. The van der Waals surface area contributed by atoms with Gasteiger partial charge in [-0.2, -0.15) is 0 Å². The van der Waals surface area contributed by atoms with Gasteiger partial charge in [0.05, 0.1) is 13.1 Å². The van der Waals surface area contributed by atoms with E-state index in [2.05, 4.69) is 10.6 Å². The van der Waals surface area contributed by atoms with Crippen molar-refractivity contribution >= 4 is 23.4 Å². The summed E-state index contributed by atoms with van der Waals surface area (Å²) in [6.07, 6.45) is 8.94. The third-order valence-corrected chi connectivity index (χ3v) is 6.73. The average molecular weight is 458 g/mol. The molecule has 0 aliphatic heterocycles. The van der Waals surface area contributed by atoms with Gasteiger partial charge in [-0.3, -0.25) is 9.59 Å². The van der Waals surface area contributed by atoms with Crippen LogP contribution in [0.5, 0.6) is 0 Å². The average Bonchev–Trinajstić information content (AvgIpc) is 3.25. The molecule has 1 heterocycles. The lowest BCUT2D eigenvalue weighted by Crippen LogP contribution is -2.47. The van der Waals surface area contributed by atoms with Crippen LogP contribution in [0.2, 0.25) is 5.02 Å². The van der Waals surface area contributed by atoms with Gasteiger partial charge in [0.25, 0.3) is 0 Å². The number of rotatable bonds is 10. The number of halogens is 1. The number of aromatic nitrogens is 1. The molecular formula is C26H36ClN3O2. The highest BCUT2D eigenvalue weighted by atomic mass is 35.5. The number of hydrogen-bond acceptors (Lipinski definition) is 2. The molecule has 3 rings (SSSR count). The van der Waals surface area contributed by atoms with Crippen molar-refractivity contribution < 1.29 is 9.59 Å². The molecule has 6 heteroatoms. The van der Waals surface area contributed by atoms with Crippen molar-refractivity contribution in [2.24, 2.45) is 0 Å². The highest BCUT2D eigenvalue weighted by molar-refractivity contribution is 6.31. The summed E-state index contributed by atoms with van der Waals surface area (Å²) in [5.74, 6) is 0.100. The van der Waals surface area contributed by atoms with Crippen molar-refractivity contribution in [2.45, 2.75) is 77.9 Å². The Hall–Kier alpha value is -2.27. The van der Waals surface area contributed by atoms with Gasteiger partial charge in [0.2, 0.25) is 11.8 Å². The minimum Gasteiger partial charge on any atom is -0.345 e. The zero-order chi connectivity index (χ0) is 22.9. The van der Waals surface area contributed by atoms with Crippen molar-refractivity contribution in [2.75, 3.05) is 13.1 Å². The Morgan fingerprint density at radius 2 is 1.78 bits per heavy atom. The molecule has 1 aliphatic carbocycles. The Bertz CT molecular complexity index is 889. The zero-order valence-electron chi connectivity index (χ0n) is 19.4. The Morgan fingerprint density at radius 1 is 1.03 bits per heavy atom. The third kappa shape index (κ3) is 6.38. The van der Waals surface area contributed by atoms with Crippen LogP contribution in [0.1, 0.15) is 70.1 Å². The topological polar surface area (TPSA) is 45.6 Å². The van der Waals surface area contributed by atoms with E-state index >= 15 is 0 Å². The molecule has 0 unspecified atom stereocenters. The lowest BCUT2D eigenvalue weighted by atomic mass is 9.94. The summed E-state index contributed by atoms with van der Waals surface area (Å²) >= 11 is 6.39. The van der Waals surface area contributed by atoms with Crippen molar-refractivity contribution in [1.82, 2.24) is 14.4 Å². The van der Waals surface area contributed by atoms with Gasteiger partial charge in [-0.15, -0.1) is 0 Å². The highest BCUT2D eigenvalue weighted by Crippen LogP contribution is 2.25. The molecule has 2 aromatic rings. The third-order valence-electron chi connectivity index (χ3n) is 6.37. The van der Waals surface area contributed by atoms with Crippen LogP contribution in [0.3, 0.4) is 0 Å². The molecule has 1 saturated carbocycles. The van der Waals surface area contributed by atoms with Crippen LogP contribution in [0.15, 0.2) is 42.6 Å². The van der Waals surface area contributed by atoms with Crippen molar-refractivity contribution in [1.29, 1.82) is 0 Å². The maximum Gasteiger partial charge on any atom is 0.242 e. The number of benzene rings is 1. The molecule has 0 saturated heterocycles. The van der Waals surface area contributed by atoms with Gasteiger partial charge in [0, 0.05) is 42.5 Å². The first-order valence-electron chi connectivity index (χ1n) is 12.0. The lowest BCUT2D eigenvalue weighted by Gasteiger charge is -2.36. The molecule has 0 radical (unpaired) electrons. The number of carbonyl (C=O) groups is 2. The standard InChI is InChI=1S/C26H36ClN3O2/c1-3-16-29(25(31)4-2)20-26(32)30(22-12-6-5-7-13-22)19-23-14-10-17-28(23)18-21-11-8-9-15-24(21)27/h8-11,14-15,17,22H,3-7,12-13,16,18-20H2,1-2H3. The van der Waals surface area contributed by atoms with Gasteiger partial charge in [-0.25, -0.2) is 0 Å². The summed E-state index contributed by atoms with van der Waals surface area (Å²) in [5.41, 5.74) is 2.15. The van der Waals surface area contributed by atoms with E-state index in [1.807, 2.05) is 55.3 Å². The molecule has 5 nitrogen and oxygen atoms in total. The van der Waals surface area contributed by atoms with E-state index in [1.54, 1.807) is 4.90 Å². The molecule has 0 bridgehead atoms. The SMILES string of the molecule is CCCN(CC(=O)N(Cc1cccn1Cc1ccccc1Cl)C1CCCCC1)C(=O)CC. The predicted molar refractivity (Wildman–Crippen MR) is 130 cm³/mol. The van der Waals surface area contributed by atoms with Crippen LogP contribution in [-0.2, 0) is 22.7 Å². The molecule has 1 fully saturated rings. The predicted octanol–water partition coefficient (Wildman–Crippen LogP) is 5.50. The normalized spacial score (nSPS) is 14.3. The first-order chi connectivity index (χ1) is 15.5. The Kier molecular flexibility index (Phi) is 9.22. The fourth-order valence-corrected chi connectivity index (χ4v) is 4.78. The largest absolute Gasteiger partial charge is 0.345 e. The first-order valence-corrected chi connectivity index (χ1v) is 12.4. The lowest BCUT2D eigenvalue weighted by molar-refractivity contribution is -0.142. The van der Waals surface area contributed by atoms with Crippen LogP contribution in [0.4, 0.5) is 0 Å². The Balaban J connectivity index is 1.79. The van der Waals surface area contributed by atoms with E-state index in [4.69, 9.17) is 11.6 Å². The summed E-state index contributed by atoms with van der Waals surface area (Å²) in [5, 5.41) is 0.751. The van der Waals surface area contributed by atoms with Gasteiger partial charge in [0.15, 0.2) is 0 Å². The van der Waals surface area contributed by atoms with E-state index in [0.29, 0.717) is 26.1 Å². The summed E-state index contributed by atoms with van der Waals surface area (Å²) in [7, 11) is 0. The second kappa shape index (κ2) is 12.1. The summed E-state index contributed by atoms with van der Waals surface area (Å²) in [6, 6.07) is 12.2. The maximum absolute atomic E-state index is 13.5. The van der Waals surface area contributed by atoms with Crippen molar-refractivity contribution in [3.63, 3.8) is 0 Å². The van der Waals surface area contributed by atoms with Crippen molar-refractivity contribution in [3.8, 4) is 0 Å². The number of amides is 2. The maximum atomic E-state index is 13.5. The molecule has 1 aromatic heterocycles. The van der Waals surface area contributed by atoms with Crippen LogP contribution >= 0.6 is 11.6 Å². The van der Waals surface area contributed by atoms with E-state index in [0.717, 1.165) is 48.4 Å². The van der Waals surface area contributed by atoms with Crippen LogP contribution in [0, 0.1) is 0 Å². The monoisotopic (exact) mass is 457 g/mol. The molecule has 0 spiro atoms. The summed E-state index contributed by atoms with van der Waals surface area (Å²) in [6.45, 7) is 5.92. The van der Waals surface area contributed by atoms with Gasteiger partial charge >= 0.3 is 0 Å². The zero-order valence-corrected chi connectivity index (χ0v) is 20.2. The van der Waals surface area contributed by atoms with Gasteiger partial charge < -0.3 is 14.4 Å². The van der Waals surface area contributed by atoms with E-state index < -0.39 is 0 Å². The fourth-order valence-electron chi connectivity index (χ4n) is 4.59. The van der Waals surface area contributed by atoms with Crippen molar-refractivity contribution in [3.05, 3.63) is 58.9 Å². The Morgan fingerprint density at radius 3 is 2.47 bits per heavy atom. The van der Waals surface area contributed by atoms with Gasteiger partial charge in [-0.05, 0) is 43.0 Å². The molecule has 2 amide bonds. The molecule has 32 heavy (non-hydrogen) atoms. The molecule has 174 valence electrons. The summed E-state index contributed by atoms with van der Waals surface area (Å²) < 4.78 is 2.17. The smallest absolute Gasteiger partial charge is 0.242 e. The van der Waals surface area contributed by atoms with Crippen LogP contribution < -0.4 is 0 Å². The van der Waals surface area contributed by atoms with Gasteiger partial charge in [-0.1, -0.05) is 62.9 Å². The number of hydrogen-bond donors (Lipinski definition) is 0. The van der Waals surface area contributed by atoms with E-state index in [1.165, 1.54) is 6.42 Å². The van der Waals surface area contributed by atoms with Gasteiger partial charge in [0.1, 0.15) is 0 Å². The molecule has 0 atom stereocenters. The quantitative estimate of drug-likeness (QED) is 0.472. The second-order valence-corrected chi connectivity index (χ2v) is 9.11. The highest BCUT2D eigenvalue weighted by Gasteiger charge is 2.28. The molecule has 1 aromatic carbocycles. The second-order valence-electron chi connectivity index (χ2n) is 8.70. The minimum absolute atomic E-state index is 0.0471. The molecule has 0 N–H and O–H groups in total. The summed E-state index contributed by atoms with van der Waals surface area (Å²) in [4.78, 5) is 29.6. The molecular weight excluding hydrogens is 422 g/mol. The van der Waals surface area contributed by atoms with Crippen LogP contribution in [-0.4, -0.2) is 45.3 Å². The number of carbonyl (C=O) groups excluding carboxylic acids is 2. The molecule has 1 aliphatic rings. The van der Waals surface area contributed by atoms with Crippen LogP contribution in [0.25, 0.3) is 0 Å². The minimum atomic E-state index is 0.0471. The van der Waals surface area contributed by atoms with E-state index in [9.17, 15) is 9.59 Å². The van der Waals surface area contributed by atoms with E-state index in [-0.39, 0.29) is 24.4 Å².